The third-order valence-electron chi connectivity index (χ3n) is 3.11. The van der Waals surface area contributed by atoms with Crippen LogP contribution in [0.1, 0.15) is 55.0 Å². The number of hydrogen-bond donors (Lipinski definition) is 1. The van der Waals surface area contributed by atoms with E-state index >= 15 is 0 Å². The summed E-state index contributed by atoms with van der Waals surface area (Å²) in [7, 11) is 0. The van der Waals surface area contributed by atoms with Gasteiger partial charge in [0.05, 0.1) is 12.3 Å². The lowest BCUT2D eigenvalue weighted by Gasteiger charge is -2.11. The second kappa shape index (κ2) is 5.86. The van der Waals surface area contributed by atoms with E-state index in [2.05, 4.69) is 10.2 Å². The van der Waals surface area contributed by atoms with E-state index in [4.69, 9.17) is 9.52 Å². The van der Waals surface area contributed by atoms with Crippen LogP contribution in [0.2, 0.25) is 0 Å². The van der Waals surface area contributed by atoms with Crippen LogP contribution in [-0.4, -0.2) is 21.3 Å². The van der Waals surface area contributed by atoms with E-state index in [1.54, 1.807) is 0 Å². The van der Waals surface area contributed by atoms with E-state index in [1.807, 2.05) is 45.0 Å². The highest BCUT2D eigenvalue weighted by atomic mass is 16.4. The van der Waals surface area contributed by atoms with Gasteiger partial charge in [-0.1, -0.05) is 43.7 Å². The Bertz CT molecular complexity index is 587. The van der Waals surface area contributed by atoms with Gasteiger partial charge in [0.2, 0.25) is 11.8 Å². The van der Waals surface area contributed by atoms with Crippen molar-refractivity contribution in [3.63, 3.8) is 0 Å². The number of aliphatic carboxylic acids is 1. The molecule has 106 valence electrons. The lowest BCUT2D eigenvalue weighted by Crippen LogP contribution is -2.08. The van der Waals surface area contributed by atoms with Gasteiger partial charge in [0.15, 0.2) is 0 Å². The fourth-order valence-electron chi connectivity index (χ4n) is 1.94. The molecule has 1 atom stereocenters. The normalized spacial score (nSPS) is 12.6. The zero-order valence-electron chi connectivity index (χ0n) is 11.8. The monoisotopic (exact) mass is 274 g/mol. The fourth-order valence-corrected chi connectivity index (χ4v) is 1.94. The summed E-state index contributed by atoms with van der Waals surface area (Å²) in [5.41, 5.74) is 1.99. The molecule has 1 aromatic heterocycles. The molecule has 1 N–H and O–H groups in total. The molecule has 0 saturated carbocycles. The molecule has 2 aromatic rings. The number of nitrogens with zero attached hydrogens (tertiary/aromatic N) is 2. The molecule has 1 unspecified atom stereocenters. The summed E-state index contributed by atoms with van der Waals surface area (Å²) in [6.45, 7) is 5.89. The lowest BCUT2D eigenvalue weighted by atomic mass is 9.95. The van der Waals surface area contributed by atoms with Gasteiger partial charge in [0.1, 0.15) is 0 Å². The second-order valence-corrected chi connectivity index (χ2v) is 5.19. The predicted octanol–water partition coefficient (Wildman–Crippen LogP) is 3.11. The SMILES string of the molecule is Cc1ccc(C(CC(=O)O)c2nnc(C(C)C)o2)cc1. The molecule has 5 heteroatoms. The van der Waals surface area contributed by atoms with Crippen LogP contribution in [0.5, 0.6) is 0 Å². The zero-order valence-corrected chi connectivity index (χ0v) is 11.8. The molecule has 5 nitrogen and oxygen atoms in total. The minimum absolute atomic E-state index is 0.0667. The third kappa shape index (κ3) is 3.23. The molecule has 0 fully saturated rings. The van der Waals surface area contributed by atoms with E-state index < -0.39 is 11.9 Å². The van der Waals surface area contributed by atoms with E-state index in [9.17, 15) is 4.79 Å². The molecule has 0 radical (unpaired) electrons. The Balaban J connectivity index is 2.35. The molecule has 2 rings (SSSR count). The number of carbonyl (C=O) groups is 1. The number of benzene rings is 1. The summed E-state index contributed by atoms with van der Waals surface area (Å²) in [5, 5.41) is 17.1. The van der Waals surface area contributed by atoms with Crippen molar-refractivity contribution in [2.75, 3.05) is 0 Å². The van der Waals surface area contributed by atoms with Crippen LogP contribution in [0, 0.1) is 6.92 Å². The van der Waals surface area contributed by atoms with Gasteiger partial charge in [-0.2, -0.15) is 0 Å². The Hall–Kier alpha value is -2.17. The standard InChI is InChI=1S/C15H18N2O3/c1-9(2)14-16-17-15(20-14)12(8-13(18)19)11-6-4-10(3)5-7-11/h4-7,9,12H,8H2,1-3H3,(H,18,19). The van der Waals surface area contributed by atoms with Gasteiger partial charge in [-0.05, 0) is 12.5 Å². The number of carboxylic acid groups (broad SMARTS) is 1. The Kier molecular flexibility index (Phi) is 4.17. The van der Waals surface area contributed by atoms with Gasteiger partial charge < -0.3 is 9.52 Å². The van der Waals surface area contributed by atoms with Crippen molar-refractivity contribution in [2.45, 2.75) is 39.0 Å². The molecule has 0 spiro atoms. The van der Waals surface area contributed by atoms with E-state index in [0.717, 1.165) is 11.1 Å². The summed E-state index contributed by atoms with van der Waals surface area (Å²) >= 11 is 0. The number of rotatable bonds is 5. The van der Waals surface area contributed by atoms with Crippen LogP contribution in [0.15, 0.2) is 28.7 Å². The van der Waals surface area contributed by atoms with Crippen molar-refractivity contribution in [1.29, 1.82) is 0 Å². The number of hydrogen-bond acceptors (Lipinski definition) is 4. The summed E-state index contributed by atoms with van der Waals surface area (Å²) in [4.78, 5) is 11.1. The summed E-state index contributed by atoms with van der Waals surface area (Å²) in [5.74, 6) is -0.282. The molecule has 1 aromatic carbocycles. The van der Waals surface area contributed by atoms with Crippen LogP contribution in [0.3, 0.4) is 0 Å². The number of aryl methyl sites for hydroxylation is 1. The molecule has 0 bridgehead atoms. The maximum absolute atomic E-state index is 11.1. The van der Waals surface area contributed by atoms with E-state index in [0.29, 0.717) is 11.8 Å². The molecule has 0 saturated heterocycles. The number of aromatic nitrogens is 2. The first kappa shape index (κ1) is 14.2. The maximum atomic E-state index is 11.1. The van der Waals surface area contributed by atoms with Crippen molar-refractivity contribution in [3.05, 3.63) is 47.2 Å². The molecule has 1 heterocycles. The Labute approximate surface area is 117 Å². The lowest BCUT2D eigenvalue weighted by molar-refractivity contribution is -0.137. The molecular formula is C15H18N2O3. The highest BCUT2D eigenvalue weighted by Crippen LogP contribution is 2.28. The number of carboxylic acids is 1. The van der Waals surface area contributed by atoms with Crippen molar-refractivity contribution in [3.8, 4) is 0 Å². The van der Waals surface area contributed by atoms with Crippen molar-refractivity contribution < 1.29 is 14.3 Å². The first-order chi connectivity index (χ1) is 9.47. The van der Waals surface area contributed by atoms with Crippen molar-refractivity contribution in [2.24, 2.45) is 0 Å². The second-order valence-electron chi connectivity index (χ2n) is 5.19. The van der Waals surface area contributed by atoms with Crippen LogP contribution in [-0.2, 0) is 4.79 Å². The van der Waals surface area contributed by atoms with Crippen LogP contribution in [0.25, 0.3) is 0 Å². The van der Waals surface area contributed by atoms with Gasteiger partial charge in [0, 0.05) is 5.92 Å². The Morgan fingerprint density at radius 2 is 1.80 bits per heavy atom. The van der Waals surface area contributed by atoms with Gasteiger partial charge in [0.25, 0.3) is 0 Å². The molecule has 0 aliphatic carbocycles. The summed E-state index contributed by atoms with van der Waals surface area (Å²) in [6.07, 6.45) is -0.0667. The fraction of sp³-hybridized carbons (Fsp3) is 0.400. The molecule has 20 heavy (non-hydrogen) atoms. The van der Waals surface area contributed by atoms with Crippen molar-refractivity contribution in [1.82, 2.24) is 10.2 Å². The van der Waals surface area contributed by atoms with Gasteiger partial charge in [-0.3, -0.25) is 4.79 Å². The summed E-state index contributed by atoms with van der Waals surface area (Å²) < 4.78 is 5.61. The van der Waals surface area contributed by atoms with E-state index in [1.165, 1.54) is 0 Å². The molecule has 0 aliphatic heterocycles. The Morgan fingerprint density at radius 3 is 2.30 bits per heavy atom. The first-order valence-electron chi connectivity index (χ1n) is 6.59. The van der Waals surface area contributed by atoms with Crippen LogP contribution in [0.4, 0.5) is 0 Å². The average Bonchev–Trinajstić information content (AvgIpc) is 2.86. The van der Waals surface area contributed by atoms with Gasteiger partial charge >= 0.3 is 5.97 Å². The highest BCUT2D eigenvalue weighted by molar-refractivity contribution is 5.68. The minimum Gasteiger partial charge on any atom is -0.481 e. The Morgan fingerprint density at radius 1 is 1.20 bits per heavy atom. The van der Waals surface area contributed by atoms with Gasteiger partial charge in [-0.25, -0.2) is 0 Å². The van der Waals surface area contributed by atoms with Crippen molar-refractivity contribution >= 4 is 5.97 Å². The molecule has 0 aliphatic rings. The highest BCUT2D eigenvalue weighted by Gasteiger charge is 2.24. The molecular weight excluding hydrogens is 256 g/mol. The quantitative estimate of drug-likeness (QED) is 0.906. The smallest absolute Gasteiger partial charge is 0.304 e. The topological polar surface area (TPSA) is 76.2 Å². The maximum Gasteiger partial charge on any atom is 0.304 e. The first-order valence-corrected chi connectivity index (χ1v) is 6.59. The van der Waals surface area contributed by atoms with Crippen LogP contribution < -0.4 is 0 Å². The third-order valence-corrected chi connectivity index (χ3v) is 3.11. The van der Waals surface area contributed by atoms with Gasteiger partial charge in [-0.15, -0.1) is 10.2 Å². The summed E-state index contributed by atoms with van der Waals surface area (Å²) in [6, 6.07) is 7.71. The van der Waals surface area contributed by atoms with E-state index in [-0.39, 0.29) is 12.3 Å². The largest absolute Gasteiger partial charge is 0.481 e. The zero-order chi connectivity index (χ0) is 14.7. The average molecular weight is 274 g/mol. The van der Waals surface area contributed by atoms with Crippen LogP contribution >= 0.6 is 0 Å². The predicted molar refractivity (Wildman–Crippen MR) is 73.7 cm³/mol. The molecule has 0 amide bonds. The minimum atomic E-state index is -0.889.